The Bertz CT molecular complexity index is 840. The van der Waals surface area contributed by atoms with E-state index in [4.69, 9.17) is 9.47 Å². The third-order valence-electron chi connectivity index (χ3n) is 4.51. The highest BCUT2D eigenvalue weighted by Crippen LogP contribution is 2.25. The zero-order chi connectivity index (χ0) is 17.8. The maximum absolute atomic E-state index is 5.50. The molecule has 26 heavy (non-hydrogen) atoms. The first-order valence-corrected chi connectivity index (χ1v) is 8.93. The quantitative estimate of drug-likeness (QED) is 0.703. The largest absolute Gasteiger partial charge is 0.381 e. The molecule has 0 saturated carbocycles. The fourth-order valence-electron chi connectivity index (χ4n) is 3.21. The van der Waals surface area contributed by atoms with Crippen LogP contribution in [0.15, 0.2) is 36.7 Å². The molecule has 0 aromatic carbocycles. The van der Waals surface area contributed by atoms with Gasteiger partial charge in [-0.05, 0) is 18.6 Å². The molecule has 1 aliphatic rings. The molecule has 1 atom stereocenters. The minimum absolute atomic E-state index is 0.340. The van der Waals surface area contributed by atoms with Gasteiger partial charge < -0.3 is 19.2 Å². The van der Waals surface area contributed by atoms with Crippen LogP contribution in [0.5, 0.6) is 0 Å². The van der Waals surface area contributed by atoms with E-state index in [-0.39, 0.29) is 0 Å². The predicted molar refractivity (Wildman–Crippen MR) is 98.3 cm³/mol. The van der Waals surface area contributed by atoms with E-state index in [9.17, 15) is 0 Å². The van der Waals surface area contributed by atoms with Gasteiger partial charge in [-0.15, -0.1) is 0 Å². The summed E-state index contributed by atoms with van der Waals surface area (Å²) in [5, 5.41) is 3.40. The lowest BCUT2D eigenvalue weighted by atomic mass is 10.0. The normalized spacial score (nSPS) is 17.0. The van der Waals surface area contributed by atoms with E-state index in [1.165, 1.54) is 0 Å². The monoisotopic (exact) mass is 353 g/mol. The minimum Gasteiger partial charge on any atom is -0.381 e. The zero-order valence-corrected chi connectivity index (χ0v) is 14.9. The lowest BCUT2D eigenvalue weighted by Crippen LogP contribution is -2.12. The molecule has 4 heterocycles. The first kappa shape index (κ1) is 16.9. The van der Waals surface area contributed by atoms with Crippen molar-refractivity contribution in [2.45, 2.75) is 25.4 Å². The van der Waals surface area contributed by atoms with Gasteiger partial charge in [-0.2, -0.15) is 0 Å². The van der Waals surface area contributed by atoms with E-state index in [0.717, 1.165) is 55.5 Å². The van der Waals surface area contributed by atoms with Crippen LogP contribution in [-0.4, -0.2) is 46.2 Å². The third kappa shape index (κ3) is 3.84. The number of aromatic nitrogens is 4. The average Bonchev–Trinajstić information content (AvgIpc) is 3.31. The summed E-state index contributed by atoms with van der Waals surface area (Å²) >= 11 is 0. The number of rotatable bonds is 7. The molecule has 1 unspecified atom stereocenters. The number of pyridine rings is 1. The van der Waals surface area contributed by atoms with Crippen LogP contribution in [0, 0.1) is 0 Å². The van der Waals surface area contributed by atoms with Gasteiger partial charge in [0.05, 0.1) is 18.0 Å². The fourth-order valence-corrected chi connectivity index (χ4v) is 3.21. The Morgan fingerprint density at radius 2 is 2.27 bits per heavy atom. The number of hydrogen-bond acceptors (Lipinski definition) is 6. The number of methoxy groups -OCH3 is 1. The van der Waals surface area contributed by atoms with Crippen LogP contribution in [0.2, 0.25) is 0 Å². The fraction of sp³-hybridized carbons (Fsp3) is 0.421. The molecule has 0 spiro atoms. The summed E-state index contributed by atoms with van der Waals surface area (Å²) in [7, 11) is 1.66. The summed E-state index contributed by atoms with van der Waals surface area (Å²) in [4.78, 5) is 13.8. The molecule has 136 valence electrons. The first-order valence-electron chi connectivity index (χ1n) is 8.93. The van der Waals surface area contributed by atoms with Gasteiger partial charge in [0.15, 0.2) is 5.82 Å². The predicted octanol–water partition coefficient (Wildman–Crippen LogP) is 2.43. The summed E-state index contributed by atoms with van der Waals surface area (Å²) in [5.41, 5.74) is 3.05. The smallest absolute Gasteiger partial charge is 0.156 e. The van der Waals surface area contributed by atoms with Crippen molar-refractivity contribution < 1.29 is 9.47 Å². The number of imidazole rings is 1. The molecular formula is C19H23N5O2. The SMILES string of the molecule is COCc1nc(NCCc2cn3ccccc3n2)cc(C2CCOC2)n1. The minimum atomic E-state index is 0.340. The molecule has 4 rings (SSSR count). The van der Waals surface area contributed by atoms with Crippen molar-refractivity contribution in [2.75, 3.05) is 32.2 Å². The maximum atomic E-state index is 5.50. The second kappa shape index (κ2) is 7.80. The Balaban J connectivity index is 1.44. The molecular weight excluding hydrogens is 330 g/mol. The van der Waals surface area contributed by atoms with Gasteiger partial charge in [-0.3, -0.25) is 0 Å². The van der Waals surface area contributed by atoms with Gasteiger partial charge in [-0.25, -0.2) is 15.0 Å². The van der Waals surface area contributed by atoms with Crippen LogP contribution in [-0.2, 0) is 22.5 Å². The summed E-state index contributed by atoms with van der Waals surface area (Å²) in [6, 6.07) is 8.04. The summed E-state index contributed by atoms with van der Waals surface area (Å²) in [6.45, 7) is 2.69. The van der Waals surface area contributed by atoms with Gasteiger partial charge in [0.2, 0.25) is 0 Å². The third-order valence-corrected chi connectivity index (χ3v) is 4.51. The van der Waals surface area contributed by atoms with Gasteiger partial charge >= 0.3 is 0 Å². The molecule has 1 N–H and O–H groups in total. The molecule has 1 aliphatic heterocycles. The average molecular weight is 353 g/mol. The summed E-state index contributed by atoms with van der Waals surface area (Å²) in [5.74, 6) is 1.87. The second-order valence-corrected chi connectivity index (χ2v) is 6.46. The van der Waals surface area contributed by atoms with Crippen molar-refractivity contribution >= 4 is 11.5 Å². The number of nitrogens with zero attached hydrogens (tertiary/aromatic N) is 4. The number of hydrogen-bond donors (Lipinski definition) is 1. The van der Waals surface area contributed by atoms with Crippen molar-refractivity contribution in [1.29, 1.82) is 0 Å². The van der Waals surface area contributed by atoms with Gasteiger partial charge in [0, 0.05) is 51.1 Å². The molecule has 7 nitrogen and oxygen atoms in total. The lowest BCUT2D eigenvalue weighted by Gasteiger charge is -2.12. The highest BCUT2D eigenvalue weighted by molar-refractivity contribution is 5.40. The molecule has 3 aromatic heterocycles. The molecule has 3 aromatic rings. The number of ether oxygens (including phenoxy) is 2. The Morgan fingerprint density at radius 1 is 1.31 bits per heavy atom. The van der Waals surface area contributed by atoms with Gasteiger partial charge in [-0.1, -0.05) is 6.07 Å². The number of fused-ring (bicyclic) bond motifs is 1. The second-order valence-electron chi connectivity index (χ2n) is 6.46. The van der Waals surface area contributed by atoms with E-state index < -0.39 is 0 Å². The van der Waals surface area contributed by atoms with Crippen LogP contribution in [0.4, 0.5) is 5.82 Å². The molecule has 1 saturated heterocycles. The number of anilines is 1. The van der Waals surface area contributed by atoms with Crippen LogP contribution in [0.1, 0.15) is 29.6 Å². The van der Waals surface area contributed by atoms with E-state index in [2.05, 4.69) is 26.5 Å². The van der Waals surface area contributed by atoms with Crippen molar-refractivity contribution in [2.24, 2.45) is 0 Å². The highest BCUT2D eigenvalue weighted by atomic mass is 16.5. The lowest BCUT2D eigenvalue weighted by molar-refractivity contribution is 0.177. The zero-order valence-electron chi connectivity index (χ0n) is 14.9. The summed E-state index contributed by atoms with van der Waals surface area (Å²) < 4.78 is 12.7. The maximum Gasteiger partial charge on any atom is 0.156 e. The van der Waals surface area contributed by atoms with Crippen LogP contribution < -0.4 is 5.32 Å². The molecule has 0 bridgehead atoms. The Kier molecular flexibility index (Phi) is 5.08. The van der Waals surface area contributed by atoms with E-state index in [0.29, 0.717) is 18.3 Å². The molecule has 0 aliphatic carbocycles. The molecule has 0 amide bonds. The Hall–Kier alpha value is -2.51. The molecule has 0 radical (unpaired) electrons. The van der Waals surface area contributed by atoms with Crippen LogP contribution in [0.3, 0.4) is 0 Å². The van der Waals surface area contributed by atoms with Crippen molar-refractivity contribution in [3.8, 4) is 0 Å². The van der Waals surface area contributed by atoms with Crippen LogP contribution in [0.25, 0.3) is 5.65 Å². The summed E-state index contributed by atoms with van der Waals surface area (Å²) in [6.07, 6.45) is 5.91. The van der Waals surface area contributed by atoms with E-state index in [1.54, 1.807) is 7.11 Å². The Labute approximate surface area is 152 Å². The number of nitrogens with one attached hydrogen (secondary N) is 1. The molecule has 7 heteroatoms. The van der Waals surface area contributed by atoms with Crippen molar-refractivity contribution in [3.05, 3.63) is 53.9 Å². The van der Waals surface area contributed by atoms with E-state index in [1.807, 2.05) is 34.9 Å². The van der Waals surface area contributed by atoms with Crippen molar-refractivity contribution in [3.63, 3.8) is 0 Å². The Morgan fingerprint density at radius 3 is 3.08 bits per heavy atom. The van der Waals surface area contributed by atoms with Crippen molar-refractivity contribution in [1.82, 2.24) is 19.4 Å². The standard InChI is InChI=1S/C19H23N5O2/c1-25-13-18-22-16(14-6-9-26-12-14)10-17(23-18)20-7-5-15-11-24-8-3-2-4-19(24)21-15/h2-4,8,10-11,14H,5-7,9,12-13H2,1H3,(H,20,22,23). The van der Waals surface area contributed by atoms with E-state index >= 15 is 0 Å². The van der Waals surface area contributed by atoms with Crippen LogP contribution >= 0.6 is 0 Å². The highest BCUT2D eigenvalue weighted by Gasteiger charge is 2.20. The molecule has 1 fully saturated rings. The van der Waals surface area contributed by atoms with Gasteiger partial charge in [0.25, 0.3) is 0 Å². The topological polar surface area (TPSA) is 73.6 Å². The first-order chi connectivity index (χ1) is 12.8. The van der Waals surface area contributed by atoms with Gasteiger partial charge in [0.1, 0.15) is 18.1 Å².